The van der Waals surface area contributed by atoms with Crippen LogP contribution in [-0.2, 0) is 0 Å². The van der Waals surface area contributed by atoms with Gasteiger partial charge in [0.2, 0.25) is 0 Å². The van der Waals surface area contributed by atoms with Crippen molar-refractivity contribution in [1.29, 1.82) is 0 Å². The molecule has 1 fully saturated rings. The van der Waals surface area contributed by atoms with Crippen molar-refractivity contribution in [3.05, 3.63) is 28.2 Å². The Morgan fingerprint density at radius 2 is 2.33 bits per heavy atom. The minimum atomic E-state index is 0.870. The fourth-order valence-corrected chi connectivity index (χ4v) is 2.46. The normalized spacial score (nSPS) is 30.1. The van der Waals surface area contributed by atoms with Gasteiger partial charge in [-0.3, -0.25) is 0 Å². The van der Waals surface area contributed by atoms with Crippen molar-refractivity contribution in [2.75, 3.05) is 11.9 Å². The van der Waals surface area contributed by atoms with Gasteiger partial charge in [0.05, 0.1) is 0 Å². The Morgan fingerprint density at radius 3 is 3.25 bits per heavy atom. The van der Waals surface area contributed by atoms with E-state index in [2.05, 4.69) is 39.4 Å². The van der Waals surface area contributed by atoms with Crippen LogP contribution in [0.3, 0.4) is 0 Å². The first-order valence-corrected chi connectivity index (χ1v) is 5.17. The van der Waals surface area contributed by atoms with Crippen LogP contribution in [0.4, 0.5) is 5.69 Å². The second-order valence-electron chi connectivity index (χ2n) is 3.71. The van der Waals surface area contributed by atoms with Crippen LogP contribution in [0.15, 0.2) is 22.7 Å². The zero-order chi connectivity index (χ0) is 8.13. The predicted molar refractivity (Wildman–Crippen MR) is 53.5 cm³/mol. The Morgan fingerprint density at radius 1 is 1.42 bits per heavy atom. The van der Waals surface area contributed by atoms with Gasteiger partial charge in [-0.2, -0.15) is 0 Å². The molecule has 1 aromatic rings. The number of rotatable bonds is 0. The quantitative estimate of drug-likeness (QED) is 0.714. The molecule has 1 heterocycles. The van der Waals surface area contributed by atoms with Crippen molar-refractivity contribution >= 4 is 21.6 Å². The summed E-state index contributed by atoms with van der Waals surface area (Å²) < 4.78 is 1.17. The molecule has 1 saturated carbocycles. The summed E-state index contributed by atoms with van der Waals surface area (Å²) in [5.41, 5.74) is 2.86. The SMILES string of the molecule is Brc1ccc2c(c1)NCC1CC21. The Hall–Kier alpha value is -0.500. The third-order valence-electron chi connectivity index (χ3n) is 2.89. The number of benzene rings is 1. The van der Waals surface area contributed by atoms with E-state index in [4.69, 9.17) is 0 Å². The summed E-state index contributed by atoms with van der Waals surface area (Å²) in [5.74, 6) is 1.80. The number of hydrogen-bond donors (Lipinski definition) is 1. The predicted octanol–water partition coefficient (Wildman–Crippen LogP) is 2.98. The molecule has 0 spiro atoms. The first kappa shape index (κ1) is 6.96. The summed E-state index contributed by atoms with van der Waals surface area (Å²) in [7, 11) is 0. The maximum Gasteiger partial charge on any atom is 0.0387 e. The van der Waals surface area contributed by atoms with E-state index in [0.29, 0.717) is 0 Å². The molecule has 3 rings (SSSR count). The lowest BCUT2D eigenvalue weighted by molar-refractivity contribution is 0.816. The van der Waals surface area contributed by atoms with Crippen LogP contribution in [0.1, 0.15) is 17.9 Å². The number of nitrogens with one attached hydrogen (secondary N) is 1. The second kappa shape index (κ2) is 2.25. The topological polar surface area (TPSA) is 12.0 Å². The Labute approximate surface area is 80.3 Å². The monoisotopic (exact) mass is 223 g/mol. The molecule has 1 aromatic carbocycles. The molecule has 2 aliphatic rings. The van der Waals surface area contributed by atoms with Crippen LogP contribution in [0.5, 0.6) is 0 Å². The van der Waals surface area contributed by atoms with Gasteiger partial charge in [0.25, 0.3) is 0 Å². The third-order valence-corrected chi connectivity index (χ3v) is 3.39. The maximum absolute atomic E-state index is 3.48. The molecule has 0 amide bonds. The van der Waals surface area contributed by atoms with Gasteiger partial charge in [0.15, 0.2) is 0 Å². The molecule has 0 aromatic heterocycles. The molecular weight excluding hydrogens is 214 g/mol. The summed E-state index contributed by atoms with van der Waals surface area (Å²) >= 11 is 3.48. The summed E-state index contributed by atoms with van der Waals surface area (Å²) in [5, 5.41) is 3.46. The highest BCUT2D eigenvalue weighted by Gasteiger charge is 2.42. The molecular formula is C10H10BrN. The van der Waals surface area contributed by atoms with Crippen molar-refractivity contribution in [3.8, 4) is 0 Å². The lowest BCUT2D eigenvalue weighted by Crippen LogP contribution is -2.11. The fraction of sp³-hybridized carbons (Fsp3) is 0.400. The lowest BCUT2D eigenvalue weighted by atomic mass is 10.0. The average molecular weight is 224 g/mol. The van der Waals surface area contributed by atoms with Crippen molar-refractivity contribution in [2.24, 2.45) is 5.92 Å². The lowest BCUT2D eigenvalue weighted by Gasteiger charge is -2.17. The molecule has 0 bridgehead atoms. The first-order chi connectivity index (χ1) is 5.84. The minimum absolute atomic E-state index is 0.870. The third kappa shape index (κ3) is 0.908. The van der Waals surface area contributed by atoms with E-state index in [-0.39, 0.29) is 0 Å². The van der Waals surface area contributed by atoms with E-state index >= 15 is 0 Å². The van der Waals surface area contributed by atoms with Crippen molar-refractivity contribution in [2.45, 2.75) is 12.3 Å². The van der Waals surface area contributed by atoms with Gasteiger partial charge < -0.3 is 5.32 Å². The van der Waals surface area contributed by atoms with Crippen LogP contribution in [0.25, 0.3) is 0 Å². The van der Waals surface area contributed by atoms with Gasteiger partial charge in [-0.05, 0) is 36.0 Å². The first-order valence-electron chi connectivity index (χ1n) is 4.38. The van der Waals surface area contributed by atoms with Gasteiger partial charge in [-0.1, -0.05) is 22.0 Å². The number of halogens is 1. The number of hydrogen-bond acceptors (Lipinski definition) is 1. The maximum atomic E-state index is 3.48. The van der Waals surface area contributed by atoms with E-state index in [1.54, 1.807) is 0 Å². The summed E-state index contributed by atoms with van der Waals surface area (Å²) in [6.45, 7) is 1.17. The Balaban J connectivity index is 2.12. The zero-order valence-electron chi connectivity index (χ0n) is 6.68. The number of anilines is 1. The van der Waals surface area contributed by atoms with Crippen molar-refractivity contribution < 1.29 is 0 Å². The van der Waals surface area contributed by atoms with E-state index in [9.17, 15) is 0 Å². The minimum Gasteiger partial charge on any atom is -0.384 e. The van der Waals surface area contributed by atoms with Crippen LogP contribution < -0.4 is 5.32 Å². The fourth-order valence-electron chi connectivity index (χ4n) is 2.10. The van der Waals surface area contributed by atoms with Crippen LogP contribution in [-0.4, -0.2) is 6.54 Å². The molecule has 1 N–H and O–H groups in total. The molecule has 0 saturated heterocycles. The highest BCUT2D eigenvalue weighted by atomic mass is 79.9. The van der Waals surface area contributed by atoms with Crippen LogP contribution in [0.2, 0.25) is 0 Å². The molecule has 2 heteroatoms. The smallest absolute Gasteiger partial charge is 0.0387 e. The van der Waals surface area contributed by atoms with E-state index in [1.807, 2.05) is 0 Å². The molecule has 1 aliphatic carbocycles. The van der Waals surface area contributed by atoms with Gasteiger partial charge in [0.1, 0.15) is 0 Å². The largest absolute Gasteiger partial charge is 0.384 e. The average Bonchev–Trinajstić information content (AvgIpc) is 2.82. The highest BCUT2D eigenvalue weighted by Crippen LogP contribution is 2.52. The van der Waals surface area contributed by atoms with Crippen LogP contribution in [0, 0.1) is 5.92 Å². The van der Waals surface area contributed by atoms with Gasteiger partial charge >= 0.3 is 0 Å². The molecule has 62 valence electrons. The summed E-state index contributed by atoms with van der Waals surface area (Å²) in [6.07, 6.45) is 1.39. The summed E-state index contributed by atoms with van der Waals surface area (Å²) in [4.78, 5) is 0. The van der Waals surface area contributed by atoms with Gasteiger partial charge in [-0.15, -0.1) is 0 Å². The Kier molecular flexibility index (Phi) is 1.31. The summed E-state index contributed by atoms with van der Waals surface area (Å²) in [6, 6.07) is 6.57. The van der Waals surface area contributed by atoms with Crippen LogP contribution >= 0.6 is 15.9 Å². The van der Waals surface area contributed by atoms with E-state index in [0.717, 1.165) is 11.8 Å². The standard InChI is InChI=1S/C10H10BrN/c11-7-1-2-8-9-3-6(9)5-12-10(8)4-7/h1-2,4,6,9,12H,3,5H2. The molecule has 2 unspecified atom stereocenters. The van der Waals surface area contributed by atoms with E-state index < -0.39 is 0 Å². The van der Waals surface area contributed by atoms with Crippen molar-refractivity contribution in [1.82, 2.24) is 0 Å². The molecule has 1 nitrogen and oxygen atoms in total. The Bertz CT molecular complexity index is 335. The number of fused-ring (bicyclic) bond motifs is 3. The molecule has 0 radical (unpaired) electrons. The van der Waals surface area contributed by atoms with Crippen molar-refractivity contribution in [3.63, 3.8) is 0 Å². The van der Waals surface area contributed by atoms with E-state index in [1.165, 1.54) is 28.7 Å². The molecule has 12 heavy (non-hydrogen) atoms. The molecule has 2 atom stereocenters. The van der Waals surface area contributed by atoms with Gasteiger partial charge in [-0.25, -0.2) is 0 Å². The molecule has 1 aliphatic heterocycles. The second-order valence-corrected chi connectivity index (χ2v) is 4.63. The zero-order valence-corrected chi connectivity index (χ0v) is 8.26. The van der Waals surface area contributed by atoms with Gasteiger partial charge in [0, 0.05) is 16.7 Å². The highest BCUT2D eigenvalue weighted by molar-refractivity contribution is 9.10.